The number of hydrogen-bond acceptors (Lipinski definition) is 2. The molecule has 0 amide bonds. The monoisotopic (exact) mass is 194 g/mol. The highest BCUT2D eigenvalue weighted by Gasteiger charge is 2.04. The van der Waals surface area contributed by atoms with Gasteiger partial charge in [-0.3, -0.25) is 4.79 Å². The highest BCUT2D eigenvalue weighted by atomic mass is 35.5. The van der Waals surface area contributed by atoms with E-state index in [1.54, 1.807) is 0 Å². The Morgan fingerprint density at radius 1 is 1.42 bits per heavy atom. The first-order valence-corrected chi connectivity index (χ1v) is 4.40. The minimum absolute atomic E-state index is 0. The molecule has 0 spiro atoms. The van der Waals surface area contributed by atoms with Gasteiger partial charge in [0.25, 0.3) is 6.47 Å². The summed E-state index contributed by atoms with van der Waals surface area (Å²) in [5, 5.41) is 0. The molecule has 12 heavy (non-hydrogen) atoms. The van der Waals surface area contributed by atoms with Crippen molar-refractivity contribution in [1.82, 2.24) is 0 Å². The zero-order valence-corrected chi connectivity index (χ0v) is 8.73. The van der Waals surface area contributed by atoms with E-state index in [4.69, 9.17) is 4.74 Å². The lowest BCUT2D eigenvalue weighted by Crippen LogP contribution is -2.07. The van der Waals surface area contributed by atoms with Gasteiger partial charge in [0.15, 0.2) is 0 Å². The summed E-state index contributed by atoms with van der Waals surface area (Å²) >= 11 is 0. The zero-order valence-electron chi connectivity index (χ0n) is 7.91. The number of ether oxygens (including phenoxy) is 1. The smallest absolute Gasteiger partial charge is 0.293 e. The lowest BCUT2D eigenvalue weighted by Gasteiger charge is -2.11. The Bertz CT molecular complexity index is 96.5. The van der Waals surface area contributed by atoms with E-state index in [2.05, 4.69) is 13.8 Å². The Morgan fingerprint density at radius 2 is 2.08 bits per heavy atom. The molecule has 0 aliphatic carbocycles. The standard InChI is InChI=1S/C9H18O2.ClH/c1-3-5-6-9(4-2)7-11-8-10;/h8-9H,3-7H2,1-2H3;1H. The molecule has 1 unspecified atom stereocenters. The van der Waals surface area contributed by atoms with Crippen LogP contribution in [0.4, 0.5) is 0 Å². The SMILES string of the molecule is CCCCC(CC)COC=O.Cl. The van der Waals surface area contributed by atoms with Crippen molar-refractivity contribution in [2.75, 3.05) is 6.61 Å². The Balaban J connectivity index is 0. The van der Waals surface area contributed by atoms with Crippen LogP contribution >= 0.6 is 12.4 Å². The molecular weight excluding hydrogens is 176 g/mol. The number of unbranched alkanes of at least 4 members (excludes halogenated alkanes) is 1. The normalized spacial score (nSPS) is 11.5. The second-order valence-corrected chi connectivity index (χ2v) is 2.85. The molecule has 1 atom stereocenters. The number of rotatable bonds is 7. The van der Waals surface area contributed by atoms with Gasteiger partial charge in [0, 0.05) is 0 Å². The van der Waals surface area contributed by atoms with E-state index < -0.39 is 0 Å². The average molecular weight is 195 g/mol. The van der Waals surface area contributed by atoms with Crippen molar-refractivity contribution < 1.29 is 9.53 Å². The average Bonchev–Trinajstić information content (AvgIpc) is 2.05. The van der Waals surface area contributed by atoms with E-state index in [0.717, 1.165) is 6.42 Å². The van der Waals surface area contributed by atoms with Crippen LogP contribution in [0.15, 0.2) is 0 Å². The molecular formula is C9H19ClO2. The molecule has 0 N–H and O–H groups in total. The Morgan fingerprint density at radius 3 is 2.50 bits per heavy atom. The predicted octanol–water partition coefficient (Wildman–Crippen LogP) is 2.80. The van der Waals surface area contributed by atoms with Gasteiger partial charge < -0.3 is 4.74 Å². The van der Waals surface area contributed by atoms with Gasteiger partial charge in [-0.25, -0.2) is 0 Å². The van der Waals surface area contributed by atoms with Crippen molar-refractivity contribution in [1.29, 1.82) is 0 Å². The van der Waals surface area contributed by atoms with Crippen molar-refractivity contribution in [3.63, 3.8) is 0 Å². The summed E-state index contributed by atoms with van der Waals surface area (Å²) in [7, 11) is 0. The molecule has 0 aromatic carbocycles. The molecule has 0 heterocycles. The van der Waals surface area contributed by atoms with Gasteiger partial charge in [-0.05, 0) is 12.3 Å². The molecule has 0 aliphatic rings. The highest BCUT2D eigenvalue weighted by Crippen LogP contribution is 2.11. The Hall–Kier alpha value is -0.240. The molecule has 0 fully saturated rings. The summed E-state index contributed by atoms with van der Waals surface area (Å²) in [5.74, 6) is 0.570. The van der Waals surface area contributed by atoms with Crippen LogP contribution in [0.1, 0.15) is 39.5 Å². The first-order chi connectivity index (χ1) is 5.35. The number of hydrogen-bond donors (Lipinski definition) is 0. The van der Waals surface area contributed by atoms with Crippen molar-refractivity contribution in [2.24, 2.45) is 5.92 Å². The van der Waals surface area contributed by atoms with Crippen LogP contribution in [-0.2, 0) is 9.53 Å². The highest BCUT2D eigenvalue weighted by molar-refractivity contribution is 5.85. The molecule has 3 heteroatoms. The van der Waals surface area contributed by atoms with Crippen LogP contribution in [0.5, 0.6) is 0 Å². The molecule has 0 radical (unpaired) electrons. The van der Waals surface area contributed by atoms with Crippen molar-refractivity contribution in [3.8, 4) is 0 Å². The minimum Gasteiger partial charge on any atom is -0.468 e. The van der Waals surface area contributed by atoms with Gasteiger partial charge in [-0.15, -0.1) is 12.4 Å². The van der Waals surface area contributed by atoms with E-state index in [1.807, 2.05) is 0 Å². The van der Waals surface area contributed by atoms with Crippen LogP contribution in [0.25, 0.3) is 0 Å². The van der Waals surface area contributed by atoms with Crippen LogP contribution in [0.3, 0.4) is 0 Å². The van der Waals surface area contributed by atoms with E-state index in [-0.39, 0.29) is 12.4 Å². The second kappa shape index (κ2) is 10.8. The fourth-order valence-corrected chi connectivity index (χ4v) is 1.07. The summed E-state index contributed by atoms with van der Waals surface area (Å²) in [6.45, 7) is 5.44. The van der Waals surface area contributed by atoms with Crippen LogP contribution in [0.2, 0.25) is 0 Å². The fourth-order valence-electron chi connectivity index (χ4n) is 1.07. The largest absolute Gasteiger partial charge is 0.468 e. The number of carbonyl (C=O) groups excluding carboxylic acids is 1. The third-order valence-corrected chi connectivity index (χ3v) is 1.94. The third-order valence-electron chi connectivity index (χ3n) is 1.94. The Kier molecular flexibility index (Phi) is 12.8. The van der Waals surface area contributed by atoms with Gasteiger partial charge in [0.05, 0.1) is 6.61 Å². The first-order valence-electron chi connectivity index (χ1n) is 4.40. The second-order valence-electron chi connectivity index (χ2n) is 2.85. The van der Waals surface area contributed by atoms with E-state index in [1.165, 1.54) is 19.3 Å². The molecule has 0 saturated heterocycles. The summed E-state index contributed by atoms with van der Waals surface area (Å²) in [6, 6.07) is 0. The number of halogens is 1. The van der Waals surface area contributed by atoms with Gasteiger partial charge in [-0.1, -0.05) is 33.1 Å². The minimum atomic E-state index is 0. The van der Waals surface area contributed by atoms with E-state index in [0.29, 0.717) is 19.0 Å². The lowest BCUT2D eigenvalue weighted by molar-refractivity contribution is -0.130. The van der Waals surface area contributed by atoms with Gasteiger partial charge in [-0.2, -0.15) is 0 Å². The summed E-state index contributed by atoms with van der Waals surface area (Å²) in [4.78, 5) is 9.88. The van der Waals surface area contributed by atoms with Gasteiger partial charge >= 0.3 is 0 Å². The topological polar surface area (TPSA) is 26.3 Å². The molecule has 0 aromatic rings. The molecule has 0 saturated carbocycles. The third kappa shape index (κ3) is 7.86. The molecule has 2 nitrogen and oxygen atoms in total. The van der Waals surface area contributed by atoms with Crippen molar-refractivity contribution in [3.05, 3.63) is 0 Å². The maximum absolute atomic E-state index is 9.88. The van der Waals surface area contributed by atoms with E-state index >= 15 is 0 Å². The van der Waals surface area contributed by atoms with Crippen LogP contribution in [0, 0.1) is 5.92 Å². The maximum Gasteiger partial charge on any atom is 0.293 e. The summed E-state index contributed by atoms with van der Waals surface area (Å²) in [6.07, 6.45) is 4.74. The van der Waals surface area contributed by atoms with E-state index in [9.17, 15) is 4.79 Å². The van der Waals surface area contributed by atoms with Crippen molar-refractivity contribution in [2.45, 2.75) is 39.5 Å². The predicted molar refractivity (Wildman–Crippen MR) is 52.6 cm³/mol. The molecule has 0 aliphatic heterocycles. The van der Waals surface area contributed by atoms with Gasteiger partial charge in [0.1, 0.15) is 0 Å². The first kappa shape index (κ1) is 14.3. The molecule has 0 rings (SSSR count). The molecule has 74 valence electrons. The zero-order chi connectivity index (χ0) is 8.53. The van der Waals surface area contributed by atoms with Gasteiger partial charge in [0.2, 0.25) is 0 Å². The van der Waals surface area contributed by atoms with Crippen molar-refractivity contribution >= 4 is 18.9 Å². The lowest BCUT2D eigenvalue weighted by atomic mass is 10.0. The Labute approximate surface area is 81.1 Å². The quantitative estimate of drug-likeness (QED) is 0.583. The summed E-state index contributed by atoms with van der Waals surface area (Å²) in [5.41, 5.74) is 0. The fraction of sp³-hybridized carbons (Fsp3) is 0.889. The molecule has 0 bridgehead atoms. The maximum atomic E-state index is 9.88. The van der Waals surface area contributed by atoms with Crippen LogP contribution in [-0.4, -0.2) is 13.1 Å². The molecule has 0 aromatic heterocycles. The van der Waals surface area contributed by atoms with Crippen LogP contribution < -0.4 is 0 Å². The number of carbonyl (C=O) groups is 1. The summed E-state index contributed by atoms with van der Waals surface area (Å²) < 4.78 is 4.70.